The number of fused-ring (bicyclic) bond motifs is 10. The van der Waals surface area contributed by atoms with E-state index in [4.69, 9.17) is 9.97 Å². The summed E-state index contributed by atoms with van der Waals surface area (Å²) < 4.78 is 4.77. The minimum atomic E-state index is -0.0939. The molecule has 0 bridgehead atoms. The van der Waals surface area contributed by atoms with Crippen molar-refractivity contribution in [3.05, 3.63) is 151 Å². The fourth-order valence-corrected chi connectivity index (χ4v) is 9.03. The van der Waals surface area contributed by atoms with E-state index in [2.05, 4.69) is 140 Å². The van der Waals surface area contributed by atoms with Gasteiger partial charge in [0.15, 0.2) is 5.82 Å². The molecule has 0 N–H and O–H groups in total. The van der Waals surface area contributed by atoms with Gasteiger partial charge in [-0.05, 0) is 52.6 Å². The second kappa shape index (κ2) is 9.71. The first-order valence-electron chi connectivity index (χ1n) is 16.1. The maximum Gasteiger partial charge on any atom is 0.160 e. The topological polar surface area (TPSA) is 30.7 Å². The van der Waals surface area contributed by atoms with Gasteiger partial charge in [-0.2, -0.15) is 0 Å². The van der Waals surface area contributed by atoms with Gasteiger partial charge in [-0.25, -0.2) is 9.97 Å². The van der Waals surface area contributed by atoms with E-state index in [1.807, 2.05) is 18.2 Å². The maximum atomic E-state index is 5.20. The molecule has 1 aliphatic rings. The summed E-state index contributed by atoms with van der Waals surface area (Å²) in [5, 5.41) is 3.81. The lowest BCUT2D eigenvalue weighted by molar-refractivity contribution is 0.666. The van der Waals surface area contributed by atoms with Crippen molar-refractivity contribution in [1.82, 2.24) is 14.5 Å². The van der Waals surface area contributed by atoms with Gasteiger partial charge in [-0.15, -0.1) is 11.3 Å². The molecule has 0 aliphatic heterocycles. The fraction of sp³-hybridized carbons (Fsp3) is 0.0698. The van der Waals surface area contributed by atoms with Gasteiger partial charge in [0.1, 0.15) is 0 Å². The third kappa shape index (κ3) is 3.73. The summed E-state index contributed by atoms with van der Waals surface area (Å²) in [6.45, 7) is 4.75. The first-order valence-corrected chi connectivity index (χ1v) is 16.9. The predicted molar refractivity (Wildman–Crippen MR) is 198 cm³/mol. The molecule has 3 nitrogen and oxygen atoms in total. The fourth-order valence-electron chi connectivity index (χ4n) is 7.88. The van der Waals surface area contributed by atoms with Crippen molar-refractivity contribution in [3.8, 4) is 39.5 Å². The van der Waals surface area contributed by atoms with Crippen LogP contribution in [0.1, 0.15) is 25.0 Å². The highest BCUT2D eigenvalue weighted by atomic mass is 32.1. The Labute approximate surface area is 276 Å². The Kier molecular flexibility index (Phi) is 5.50. The second-order valence-electron chi connectivity index (χ2n) is 13.0. The Morgan fingerprint density at radius 3 is 2.15 bits per heavy atom. The van der Waals surface area contributed by atoms with Gasteiger partial charge in [0.05, 0.1) is 26.9 Å². The molecule has 0 amide bonds. The van der Waals surface area contributed by atoms with E-state index in [1.165, 1.54) is 54.1 Å². The van der Waals surface area contributed by atoms with Crippen molar-refractivity contribution in [2.24, 2.45) is 0 Å². The molecule has 0 fully saturated rings. The van der Waals surface area contributed by atoms with Crippen LogP contribution in [-0.4, -0.2) is 14.5 Å². The van der Waals surface area contributed by atoms with Crippen LogP contribution in [0.5, 0.6) is 0 Å². The van der Waals surface area contributed by atoms with Gasteiger partial charge < -0.3 is 4.57 Å². The number of hydrogen-bond acceptors (Lipinski definition) is 3. The molecular weight excluding hydrogens is 591 g/mol. The third-order valence-electron chi connectivity index (χ3n) is 10.0. The molecule has 0 saturated carbocycles. The quantitative estimate of drug-likeness (QED) is 0.197. The molecule has 222 valence electrons. The highest BCUT2D eigenvalue weighted by Crippen LogP contribution is 2.53. The third-order valence-corrected chi connectivity index (χ3v) is 11.2. The molecule has 4 heteroatoms. The minimum absolute atomic E-state index is 0.0939. The Bertz CT molecular complexity index is 2700. The highest BCUT2D eigenvalue weighted by Gasteiger charge is 2.38. The van der Waals surface area contributed by atoms with Crippen molar-refractivity contribution >= 4 is 53.4 Å². The van der Waals surface area contributed by atoms with Gasteiger partial charge in [-0.1, -0.05) is 123 Å². The van der Waals surface area contributed by atoms with Crippen molar-refractivity contribution in [1.29, 1.82) is 0 Å². The highest BCUT2D eigenvalue weighted by molar-refractivity contribution is 7.26. The van der Waals surface area contributed by atoms with Crippen LogP contribution in [0.3, 0.4) is 0 Å². The van der Waals surface area contributed by atoms with Crippen LogP contribution >= 0.6 is 11.3 Å². The summed E-state index contributed by atoms with van der Waals surface area (Å²) in [7, 11) is 0. The van der Waals surface area contributed by atoms with Crippen LogP contribution in [0.25, 0.3) is 81.6 Å². The first kappa shape index (κ1) is 26.6. The number of benzene rings is 6. The second-order valence-corrected chi connectivity index (χ2v) is 14.0. The van der Waals surface area contributed by atoms with Crippen LogP contribution < -0.4 is 0 Å². The average Bonchev–Trinajstić information content (AvgIpc) is 3.74. The molecule has 3 aromatic heterocycles. The van der Waals surface area contributed by atoms with Crippen LogP contribution in [0, 0.1) is 0 Å². The van der Waals surface area contributed by atoms with Gasteiger partial charge >= 0.3 is 0 Å². The summed E-state index contributed by atoms with van der Waals surface area (Å²) in [4.78, 5) is 10.3. The molecule has 0 saturated heterocycles. The van der Waals surface area contributed by atoms with E-state index in [0.29, 0.717) is 0 Å². The zero-order chi connectivity index (χ0) is 31.3. The number of nitrogens with zero attached hydrogens (tertiary/aromatic N) is 3. The first-order chi connectivity index (χ1) is 23.1. The standard InChI is InChI=1S/C43H29N3S/c1-43(2)33-17-9-6-14-29(33)30-24-25-35-37(38(30)43)31-15-7-10-18-34(31)46(35)28-22-20-26(21-23-28)39-41-40(32-16-8-11-19-36(32)47-41)45-42(44-39)27-12-4-3-5-13-27/h3-25H,1-2H3. The lowest BCUT2D eigenvalue weighted by Gasteiger charge is -2.22. The molecule has 1 aliphatic carbocycles. The van der Waals surface area contributed by atoms with E-state index in [0.717, 1.165) is 38.5 Å². The molecule has 0 unspecified atom stereocenters. The molecular formula is C43H29N3S. The van der Waals surface area contributed by atoms with Gasteiger partial charge in [-0.3, -0.25) is 0 Å². The van der Waals surface area contributed by atoms with Crippen LogP contribution in [0.15, 0.2) is 140 Å². The normalized spacial score (nSPS) is 13.5. The molecule has 0 spiro atoms. The van der Waals surface area contributed by atoms with E-state index in [-0.39, 0.29) is 5.41 Å². The van der Waals surface area contributed by atoms with Gasteiger partial charge in [0.2, 0.25) is 0 Å². The van der Waals surface area contributed by atoms with Crippen LogP contribution in [0.2, 0.25) is 0 Å². The average molecular weight is 620 g/mol. The molecule has 0 atom stereocenters. The minimum Gasteiger partial charge on any atom is -0.309 e. The van der Waals surface area contributed by atoms with Crippen molar-refractivity contribution in [2.45, 2.75) is 19.3 Å². The molecule has 10 rings (SSSR count). The van der Waals surface area contributed by atoms with E-state index in [9.17, 15) is 0 Å². The van der Waals surface area contributed by atoms with Gasteiger partial charge in [0, 0.05) is 43.1 Å². The Hall–Kier alpha value is -5.58. The van der Waals surface area contributed by atoms with Crippen molar-refractivity contribution in [2.75, 3.05) is 0 Å². The van der Waals surface area contributed by atoms with E-state index >= 15 is 0 Å². The molecule has 0 radical (unpaired) electrons. The molecule has 6 aromatic carbocycles. The lowest BCUT2D eigenvalue weighted by Crippen LogP contribution is -2.15. The maximum absolute atomic E-state index is 5.20. The smallest absolute Gasteiger partial charge is 0.160 e. The Morgan fingerprint density at radius 2 is 1.30 bits per heavy atom. The monoisotopic (exact) mass is 619 g/mol. The summed E-state index contributed by atoms with van der Waals surface area (Å²) >= 11 is 1.77. The van der Waals surface area contributed by atoms with Crippen LogP contribution in [-0.2, 0) is 5.41 Å². The number of aromatic nitrogens is 3. The summed E-state index contributed by atoms with van der Waals surface area (Å²) in [5.41, 5.74) is 13.1. The number of thiophene rings is 1. The lowest BCUT2D eigenvalue weighted by atomic mass is 9.80. The van der Waals surface area contributed by atoms with E-state index < -0.39 is 0 Å². The zero-order valence-corrected chi connectivity index (χ0v) is 26.8. The summed E-state index contributed by atoms with van der Waals surface area (Å²) in [6, 6.07) is 50.2. The number of rotatable bonds is 3. The molecule has 47 heavy (non-hydrogen) atoms. The number of para-hydroxylation sites is 1. The largest absolute Gasteiger partial charge is 0.309 e. The SMILES string of the molecule is CC1(C)c2ccccc2-c2ccc3c(c21)c1ccccc1n3-c1ccc(-c2nc(-c3ccccc3)nc3c2sc2ccccc23)cc1. The zero-order valence-electron chi connectivity index (χ0n) is 26.0. The van der Waals surface area contributed by atoms with Crippen molar-refractivity contribution in [3.63, 3.8) is 0 Å². The summed E-state index contributed by atoms with van der Waals surface area (Å²) in [5.74, 6) is 0.751. The van der Waals surface area contributed by atoms with Gasteiger partial charge in [0.25, 0.3) is 0 Å². The number of hydrogen-bond donors (Lipinski definition) is 0. The van der Waals surface area contributed by atoms with Crippen molar-refractivity contribution < 1.29 is 0 Å². The molecule has 9 aromatic rings. The van der Waals surface area contributed by atoms with E-state index in [1.54, 1.807) is 11.3 Å². The molecule has 3 heterocycles. The summed E-state index contributed by atoms with van der Waals surface area (Å²) in [6.07, 6.45) is 0. The predicted octanol–water partition coefficient (Wildman–Crippen LogP) is 11.6. The Balaban J connectivity index is 1.18. The Morgan fingerprint density at radius 1 is 0.574 bits per heavy atom. The van der Waals surface area contributed by atoms with Crippen LogP contribution in [0.4, 0.5) is 0 Å².